The highest BCUT2D eigenvalue weighted by molar-refractivity contribution is 5.78. The smallest absolute Gasteiger partial charge is 0.263 e. The summed E-state index contributed by atoms with van der Waals surface area (Å²) in [5, 5.41) is 5.88. The minimum absolute atomic E-state index is 0.0523. The average molecular weight is 277 g/mol. The molecule has 0 radical (unpaired) electrons. The Kier molecular flexibility index (Phi) is 4.95. The van der Waals surface area contributed by atoms with Crippen LogP contribution >= 0.6 is 0 Å². The van der Waals surface area contributed by atoms with Gasteiger partial charge in [0.25, 0.3) is 5.89 Å². The summed E-state index contributed by atoms with van der Waals surface area (Å²) in [7, 11) is 1.89. The van der Waals surface area contributed by atoms with E-state index in [0.717, 1.165) is 13.0 Å². The first-order valence-corrected chi connectivity index (χ1v) is 6.62. The zero-order valence-corrected chi connectivity index (χ0v) is 11.7. The zero-order chi connectivity index (χ0) is 14.4. The lowest BCUT2D eigenvalue weighted by Crippen LogP contribution is -2.28. The number of amides is 1. The molecule has 0 aliphatic heterocycles. The van der Waals surface area contributed by atoms with Gasteiger partial charge >= 0.3 is 0 Å². The van der Waals surface area contributed by atoms with Gasteiger partial charge in [-0.2, -0.15) is 0 Å². The number of carbonyl (C=O) groups is 1. The fourth-order valence-electron chi connectivity index (χ4n) is 1.81. The van der Waals surface area contributed by atoms with Crippen molar-refractivity contribution in [1.82, 2.24) is 15.6 Å². The Bertz CT molecular complexity index is 546. The van der Waals surface area contributed by atoms with Gasteiger partial charge in [0, 0.05) is 6.54 Å². The van der Waals surface area contributed by atoms with E-state index in [0.29, 0.717) is 29.6 Å². The molecule has 2 aromatic heterocycles. The summed E-state index contributed by atoms with van der Waals surface area (Å²) >= 11 is 0. The van der Waals surface area contributed by atoms with Gasteiger partial charge in [0.05, 0.1) is 18.4 Å². The van der Waals surface area contributed by atoms with Crippen molar-refractivity contribution in [2.75, 3.05) is 20.1 Å². The average Bonchev–Trinajstić information content (AvgIpc) is 3.05. The summed E-state index contributed by atoms with van der Waals surface area (Å²) in [6, 6.07) is 3.54. The highest BCUT2D eigenvalue weighted by atomic mass is 16.4. The minimum atomic E-state index is -0.0523. The maximum atomic E-state index is 11.8. The largest absolute Gasteiger partial charge is 0.459 e. The lowest BCUT2D eigenvalue weighted by Gasteiger charge is -2.03. The van der Waals surface area contributed by atoms with Crippen LogP contribution in [0.4, 0.5) is 0 Å². The first-order valence-electron chi connectivity index (χ1n) is 6.62. The molecule has 0 aromatic carbocycles. The van der Waals surface area contributed by atoms with E-state index >= 15 is 0 Å². The van der Waals surface area contributed by atoms with Crippen LogP contribution in [-0.4, -0.2) is 31.0 Å². The van der Waals surface area contributed by atoms with Crippen molar-refractivity contribution in [2.45, 2.75) is 19.8 Å². The Balaban J connectivity index is 1.91. The topological polar surface area (TPSA) is 80.3 Å². The molecule has 0 bridgehead atoms. The zero-order valence-electron chi connectivity index (χ0n) is 11.7. The first kappa shape index (κ1) is 14.3. The number of aryl methyl sites for hydroxylation is 1. The van der Waals surface area contributed by atoms with Crippen molar-refractivity contribution >= 4 is 5.91 Å². The summed E-state index contributed by atoms with van der Waals surface area (Å²) in [4.78, 5) is 16.1. The van der Waals surface area contributed by atoms with Gasteiger partial charge in [-0.25, -0.2) is 4.98 Å². The van der Waals surface area contributed by atoms with Crippen molar-refractivity contribution in [3.05, 3.63) is 29.9 Å². The Morgan fingerprint density at radius 2 is 2.25 bits per heavy atom. The van der Waals surface area contributed by atoms with Crippen LogP contribution in [0.3, 0.4) is 0 Å². The molecule has 2 rings (SSSR count). The molecule has 108 valence electrons. The van der Waals surface area contributed by atoms with Gasteiger partial charge in [0.1, 0.15) is 5.76 Å². The predicted molar refractivity (Wildman–Crippen MR) is 74.2 cm³/mol. The van der Waals surface area contributed by atoms with E-state index in [-0.39, 0.29) is 12.3 Å². The van der Waals surface area contributed by atoms with E-state index in [1.807, 2.05) is 7.05 Å². The molecule has 0 aliphatic rings. The van der Waals surface area contributed by atoms with E-state index in [9.17, 15) is 4.79 Å². The molecule has 2 heterocycles. The normalized spacial score (nSPS) is 10.7. The third kappa shape index (κ3) is 3.71. The van der Waals surface area contributed by atoms with Crippen molar-refractivity contribution in [2.24, 2.45) is 0 Å². The molecule has 6 heteroatoms. The molecule has 0 saturated heterocycles. The third-order valence-electron chi connectivity index (χ3n) is 2.88. The summed E-state index contributed by atoms with van der Waals surface area (Å²) < 4.78 is 10.7. The molecular formula is C14H19N3O3. The molecule has 6 nitrogen and oxygen atoms in total. The molecule has 0 unspecified atom stereocenters. The van der Waals surface area contributed by atoms with Gasteiger partial charge in [0.2, 0.25) is 5.91 Å². The Labute approximate surface area is 117 Å². The number of rotatable bonds is 7. The van der Waals surface area contributed by atoms with Crippen LogP contribution in [0.1, 0.15) is 17.9 Å². The highest BCUT2D eigenvalue weighted by Crippen LogP contribution is 2.22. The quantitative estimate of drug-likeness (QED) is 0.750. The Hall–Kier alpha value is -2.08. The second kappa shape index (κ2) is 6.91. The van der Waals surface area contributed by atoms with Crippen molar-refractivity contribution in [3.8, 4) is 11.7 Å². The second-order valence-corrected chi connectivity index (χ2v) is 4.48. The SMILES string of the molecule is CNCCCNC(=O)Cc1nc(-c2ccco2)oc1C. The van der Waals surface area contributed by atoms with Crippen LogP contribution in [0.5, 0.6) is 0 Å². The van der Waals surface area contributed by atoms with Crippen molar-refractivity contribution in [3.63, 3.8) is 0 Å². The molecule has 1 amide bonds. The van der Waals surface area contributed by atoms with E-state index in [4.69, 9.17) is 8.83 Å². The molecule has 0 aliphatic carbocycles. The molecular weight excluding hydrogens is 258 g/mol. The molecule has 0 spiro atoms. The van der Waals surface area contributed by atoms with Gasteiger partial charge in [-0.1, -0.05) is 0 Å². The fourth-order valence-corrected chi connectivity index (χ4v) is 1.81. The van der Waals surface area contributed by atoms with Gasteiger partial charge in [-0.05, 0) is 39.1 Å². The number of furan rings is 1. The third-order valence-corrected chi connectivity index (χ3v) is 2.88. The van der Waals surface area contributed by atoms with Crippen molar-refractivity contribution in [1.29, 1.82) is 0 Å². The maximum Gasteiger partial charge on any atom is 0.263 e. The van der Waals surface area contributed by atoms with Crippen molar-refractivity contribution < 1.29 is 13.6 Å². The fraction of sp³-hybridized carbons (Fsp3) is 0.429. The van der Waals surface area contributed by atoms with E-state index in [2.05, 4.69) is 15.6 Å². The van der Waals surface area contributed by atoms with Gasteiger partial charge in [-0.15, -0.1) is 0 Å². The standard InChI is InChI=1S/C14H19N3O3/c1-10-11(9-13(18)16-7-4-6-15-2)17-14(20-10)12-5-3-8-19-12/h3,5,8,15H,4,6-7,9H2,1-2H3,(H,16,18). The number of hydrogen-bond donors (Lipinski definition) is 2. The summed E-state index contributed by atoms with van der Waals surface area (Å²) in [5.74, 6) is 1.56. The number of nitrogens with zero attached hydrogens (tertiary/aromatic N) is 1. The molecule has 0 fully saturated rings. The molecule has 0 atom stereocenters. The summed E-state index contributed by atoms with van der Waals surface area (Å²) in [5.41, 5.74) is 0.641. The number of nitrogens with one attached hydrogen (secondary N) is 2. The first-order chi connectivity index (χ1) is 9.70. The highest BCUT2D eigenvalue weighted by Gasteiger charge is 2.15. The lowest BCUT2D eigenvalue weighted by atomic mass is 10.2. The second-order valence-electron chi connectivity index (χ2n) is 4.48. The van der Waals surface area contributed by atoms with E-state index in [1.165, 1.54) is 0 Å². The van der Waals surface area contributed by atoms with E-state index < -0.39 is 0 Å². The van der Waals surface area contributed by atoms with Crippen LogP contribution in [0, 0.1) is 6.92 Å². The maximum absolute atomic E-state index is 11.8. The van der Waals surface area contributed by atoms with Gasteiger partial charge < -0.3 is 19.5 Å². The van der Waals surface area contributed by atoms with Crippen LogP contribution in [-0.2, 0) is 11.2 Å². The monoisotopic (exact) mass is 277 g/mol. The number of hydrogen-bond acceptors (Lipinski definition) is 5. The van der Waals surface area contributed by atoms with Gasteiger partial charge in [-0.3, -0.25) is 4.79 Å². The van der Waals surface area contributed by atoms with Crippen LogP contribution in [0.25, 0.3) is 11.7 Å². The van der Waals surface area contributed by atoms with Crippen LogP contribution < -0.4 is 10.6 Å². The van der Waals surface area contributed by atoms with Gasteiger partial charge in [0.15, 0.2) is 5.76 Å². The predicted octanol–water partition coefficient (Wildman–Crippen LogP) is 1.51. The summed E-state index contributed by atoms with van der Waals surface area (Å²) in [6.07, 6.45) is 2.68. The molecule has 2 N–H and O–H groups in total. The molecule has 2 aromatic rings. The van der Waals surface area contributed by atoms with E-state index in [1.54, 1.807) is 25.3 Å². The number of aromatic nitrogens is 1. The lowest BCUT2D eigenvalue weighted by molar-refractivity contribution is -0.120. The number of carbonyl (C=O) groups excluding carboxylic acids is 1. The van der Waals surface area contributed by atoms with Crippen LogP contribution in [0.15, 0.2) is 27.2 Å². The Morgan fingerprint density at radius 1 is 1.40 bits per heavy atom. The minimum Gasteiger partial charge on any atom is -0.459 e. The molecule has 20 heavy (non-hydrogen) atoms. The summed E-state index contributed by atoms with van der Waals surface area (Å²) in [6.45, 7) is 3.33. The number of oxazole rings is 1. The Morgan fingerprint density at radius 3 is 2.95 bits per heavy atom. The molecule has 0 saturated carbocycles. The van der Waals surface area contributed by atoms with Crippen LogP contribution in [0.2, 0.25) is 0 Å².